The number of amides is 1. The van der Waals surface area contributed by atoms with Gasteiger partial charge in [0.1, 0.15) is 17.0 Å². The van der Waals surface area contributed by atoms with Gasteiger partial charge in [-0.25, -0.2) is 18.6 Å². The molecule has 10 heteroatoms. The van der Waals surface area contributed by atoms with Gasteiger partial charge in [0.2, 0.25) is 0 Å². The molecule has 26 heavy (non-hydrogen) atoms. The van der Waals surface area contributed by atoms with Crippen LogP contribution in [0.3, 0.4) is 0 Å². The topological polar surface area (TPSA) is 73.1 Å². The summed E-state index contributed by atoms with van der Waals surface area (Å²) < 4.78 is 33.9. The van der Waals surface area contributed by atoms with E-state index in [9.17, 15) is 13.6 Å². The Morgan fingerprint density at radius 3 is 2.54 bits per heavy atom. The van der Waals surface area contributed by atoms with E-state index in [2.05, 4.69) is 15.2 Å². The van der Waals surface area contributed by atoms with E-state index in [0.717, 1.165) is 11.0 Å². The maximum absolute atomic E-state index is 14.4. The molecule has 0 bridgehead atoms. The molecule has 1 amide bonds. The molecule has 0 fully saturated rings. The van der Waals surface area contributed by atoms with E-state index in [1.165, 1.54) is 19.0 Å². The zero-order valence-corrected chi connectivity index (χ0v) is 16.1. The van der Waals surface area contributed by atoms with Gasteiger partial charge >= 0.3 is 6.09 Å². The van der Waals surface area contributed by atoms with E-state index in [4.69, 9.17) is 16.3 Å². The van der Waals surface area contributed by atoms with E-state index in [-0.39, 0.29) is 11.4 Å². The first-order valence-electron chi connectivity index (χ1n) is 7.79. The third-order valence-electron chi connectivity index (χ3n) is 3.57. The van der Waals surface area contributed by atoms with Crippen LogP contribution in [0.4, 0.5) is 13.6 Å². The fraction of sp³-hybridized carbons (Fsp3) is 0.500. The number of carbonyl (C=O) groups excluding carboxylic acids is 1. The Bertz CT molecular complexity index is 835. The molecular formula is C16H20ClF2N5O2. The first-order valence-corrected chi connectivity index (χ1v) is 8.17. The molecule has 0 radical (unpaired) electrons. The molecule has 0 aromatic carbocycles. The monoisotopic (exact) mass is 387 g/mol. The van der Waals surface area contributed by atoms with Crippen molar-refractivity contribution in [1.82, 2.24) is 24.9 Å². The summed E-state index contributed by atoms with van der Waals surface area (Å²) in [7, 11) is 3.01. The molecule has 0 aliphatic carbocycles. The summed E-state index contributed by atoms with van der Waals surface area (Å²) in [5, 5.41) is 7.72. The number of halogens is 3. The molecule has 0 aliphatic rings. The zero-order valence-electron chi connectivity index (χ0n) is 15.3. The van der Waals surface area contributed by atoms with Crippen LogP contribution in [0.1, 0.15) is 39.4 Å². The quantitative estimate of drug-likeness (QED) is 0.750. The van der Waals surface area contributed by atoms with Crippen molar-refractivity contribution in [2.75, 3.05) is 7.05 Å². The Kier molecular flexibility index (Phi) is 5.50. The molecule has 1 unspecified atom stereocenters. The third kappa shape index (κ3) is 4.09. The van der Waals surface area contributed by atoms with E-state index < -0.39 is 40.1 Å². The van der Waals surface area contributed by atoms with Crippen molar-refractivity contribution in [3.63, 3.8) is 0 Å². The first-order chi connectivity index (χ1) is 11.9. The highest BCUT2D eigenvalue weighted by atomic mass is 35.5. The third-order valence-corrected chi connectivity index (χ3v) is 3.83. The molecule has 142 valence electrons. The van der Waals surface area contributed by atoms with Crippen molar-refractivity contribution >= 4 is 17.7 Å². The van der Waals surface area contributed by atoms with Crippen LogP contribution in [0.15, 0.2) is 6.20 Å². The fourth-order valence-electron chi connectivity index (χ4n) is 2.22. The van der Waals surface area contributed by atoms with Gasteiger partial charge < -0.3 is 9.64 Å². The predicted octanol–water partition coefficient (Wildman–Crippen LogP) is 3.74. The average molecular weight is 388 g/mol. The number of aromatic nitrogens is 4. The Morgan fingerprint density at radius 1 is 1.35 bits per heavy atom. The van der Waals surface area contributed by atoms with Crippen molar-refractivity contribution in [2.24, 2.45) is 7.05 Å². The van der Waals surface area contributed by atoms with Gasteiger partial charge in [0.05, 0.1) is 17.8 Å². The van der Waals surface area contributed by atoms with Crippen LogP contribution in [0.5, 0.6) is 0 Å². The zero-order chi connectivity index (χ0) is 19.8. The number of nitrogens with zero attached hydrogens (tertiary/aromatic N) is 5. The fourth-order valence-corrected chi connectivity index (χ4v) is 2.36. The van der Waals surface area contributed by atoms with E-state index in [1.54, 1.807) is 27.7 Å². The smallest absolute Gasteiger partial charge is 0.410 e. The number of ether oxygens (including phenoxy) is 1. The molecule has 1 atom stereocenters. The molecule has 0 aliphatic heterocycles. The summed E-state index contributed by atoms with van der Waals surface area (Å²) in [6.45, 7) is 6.86. The van der Waals surface area contributed by atoms with Gasteiger partial charge in [0.15, 0.2) is 16.8 Å². The number of rotatable bonds is 3. The number of pyridine rings is 1. The van der Waals surface area contributed by atoms with E-state index in [0.29, 0.717) is 0 Å². The van der Waals surface area contributed by atoms with Crippen LogP contribution < -0.4 is 0 Å². The van der Waals surface area contributed by atoms with Crippen LogP contribution in [0.25, 0.3) is 11.3 Å². The maximum Gasteiger partial charge on any atom is 0.410 e. The van der Waals surface area contributed by atoms with Gasteiger partial charge in [-0.3, -0.25) is 0 Å². The lowest BCUT2D eigenvalue weighted by atomic mass is 10.1. The second-order valence-corrected chi connectivity index (χ2v) is 7.13. The molecule has 7 nitrogen and oxygen atoms in total. The molecule has 0 saturated heterocycles. The normalized spacial score (nSPS) is 12.8. The lowest BCUT2D eigenvalue weighted by Crippen LogP contribution is -2.36. The summed E-state index contributed by atoms with van der Waals surface area (Å²) in [5.41, 5.74) is -0.999. The molecule has 0 spiro atoms. The van der Waals surface area contributed by atoms with Crippen LogP contribution in [-0.2, 0) is 11.8 Å². The van der Waals surface area contributed by atoms with Crippen molar-refractivity contribution in [3.8, 4) is 11.3 Å². The summed E-state index contributed by atoms with van der Waals surface area (Å²) in [4.78, 5) is 18.1. The number of aryl methyl sites for hydroxylation is 1. The first kappa shape index (κ1) is 20.0. The van der Waals surface area contributed by atoms with Gasteiger partial charge in [-0.2, -0.15) is 15.0 Å². The van der Waals surface area contributed by atoms with E-state index in [1.807, 2.05) is 0 Å². The molecule has 2 aromatic heterocycles. The minimum absolute atomic E-state index is 0.0605. The van der Waals surface area contributed by atoms with Gasteiger partial charge in [0, 0.05) is 14.1 Å². The van der Waals surface area contributed by atoms with Crippen molar-refractivity contribution in [2.45, 2.75) is 39.3 Å². The average Bonchev–Trinajstić information content (AvgIpc) is 2.89. The van der Waals surface area contributed by atoms with Crippen LogP contribution >= 0.6 is 11.6 Å². The highest BCUT2D eigenvalue weighted by Gasteiger charge is 2.30. The van der Waals surface area contributed by atoms with Gasteiger partial charge in [-0.15, -0.1) is 0 Å². The SMILES string of the molecule is CC(c1nn(C)nc1-c1c(F)cnc(Cl)c1F)N(C)C(=O)OC(C)(C)C. The van der Waals surface area contributed by atoms with Crippen molar-refractivity contribution < 1.29 is 18.3 Å². The van der Waals surface area contributed by atoms with E-state index >= 15 is 0 Å². The Labute approximate surface area is 154 Å². The van der Waals surface area contributed by atoms with Crippen molar-refractivity contribution in [1.29, 1.82) is 0 Å². The highest BCUT2D eigenvalue weighted by Crippen LogP contribution is 2.33. The second kappa shape index (κ2) is 7.14. The Balaban J connectivity index is 2.47. The predicted molar refractivity (Wildman–Crippen MR) is 91.6 cm³/mol. The lowest BCUT2D eigenvalue weighted by Gasteiger charge is -2.28. The molecular weight excluding hydrogens is 368 g/mol. The molecule has 0 N–H and O–H groups in total. The molecule has 2 heterocycles. The molecule has 2 aromatic rings. The summed E-state index contributed by atoms with van der Waals surface area (Å²) in [5.74, 6) is -1.97. The van der Waals surface area contributed by atoms with Crippen LogP contribution in [0, 0.1) is 11.6 Å². The van der Waals surface area contributed by atoms with Crippen LogP contribution in [0.2, 0.25) is 5.15 Å². The summed E-state index contributed by atoms with van der Waals surface area (Å²) in [6, 6.07) is -0.667. The van der Waals surface area contributed by atoms with Gasteiger partial charge in [-0.1, -0.05) is 11.6 Å². The minimum atomic E-state index is -1.04. The molecule has 0 saturated carbocycles. The maximum atomic E-state index is 14.4. The number of hydrogen-bond acceptors (Lipinski definition) is 5. The van der Waals surface area contributed by atoms with Crippen LogP contribution in [-0.4, -0.2) is 43.6 Å². The summed E-state index contributed by atoms with van der Waals surface area (Å²) >= 11 is 5.67. The second-order valence-electron chi connectivity index (χ2n) is 6.78. The Hall–Kier alpha value is -2.29. The molecule has 2 rings (SSSR count). The largest absolute Gasteiger partial charge is 0.444 e. The van der Waals surface area contributed by atoms with Gasteiger partial charge in [-0.05, 0) is 27.7 Å². The lowest BCUT2D eigenvalue weighted by molar-refractivity contribution is 0.0230. The standard InChI is InChI=1S/C16H20ClF2N5O2/c1-8(23(5)15(25)26-16(2,3)4)12-13(22-24(6)21-12)10-9(18)7-20-14(17)11(10)19/h7-8H,1-6H3. The van der Waals surface area contributed by atoms with Crippen molar-refractivity contribution in [3.05, 3.63) is 28.7 Å². The Morgan fingerprint density at radius 2 is 1.96 bits per heavy atom. The van der Waals surface area contributed by atoms with Gasteiger partial charge in [0.25, 0.3) is 0 Å². The summed E-state index contributed by atoms with van der Waals surface area (Å²) in [6.07, 6.45) is 0.205. The minimum Gasteiger partial charge on any atom is -0.444 e. The number of carbonyl (C=O) groups is 1. The highest BCUT2D eigenvalue weighted by molar-refractivity contribution is 6.29. The number of hydrogen-bond donors (Lipinski definition) is 0.